The fourth-order valence-electron chi connectivity index (χ4n) is 2.85. The SMILES string of the molecule is C=Ic1cccc(F)c1C1C=C(c2ccc(Cl)cc2)Nc2ncnn21. The Morgan fingerprint density at radius 3 is 2.76 bits per heavy atom. The van der Waals surface area contributed by atoms with Crippen molar-refractivity contribution >= 4 is 48.5 Å². The molecule has 0 fully saturated rings. The van der Waals surface area contributed by atoms with E-state index in [0.717, 1.165) is 14.8 Å². The predicted octanol–water partition coefficient (Wildman–Crippen LogP) is 4.70. The van der Waals surface area contributed by atoms with E-state index in [0.29, 0.717) is 16.5 Å². The van der Waals surface area contributed by atoms with E-state index in [4.69, 9.17) is 11.6 Å². The third-order valence-corrected chi connectivity index (χ3v) is 6.02. The van der Waals surface area contributed by atoms with Crippen LogP contribution in [0.5, 0.6) is 0 Å². The summed E-state index contributed by atoms with van der Waals surface area (Å²) >= 11 is 5.46. The number of rotatable bonds is 3. The largest absolute Gasteiger partial charge is 0.324 e. The zero-order valence-corrected chi connectivity index (χ0v) is 15.9. The number of nitrogens with one attached hydrogen (secondary N) is 1. The molecule has 1 atom stereocenters. The number of nitrogens with zero attached hydrogens (tertiary/aromatic N) is 3. The minimum atomic E-state index is -0.525. The van der Waals surface area contributed by atoms with E-state index in [9.17, 15) is 4.39 Å². The van der Waals surface area contributed by atoms with Crippen molar-refractivity contribution in [3.05, 3.63) is 80.4 Å². The van der Waals surface area contributed by atoms with Gasteiger partial charge in [-0.15, -0.1) is 0 Å². The second-order valence-corrected chi connectivity index (χ2v) is 7.82. The van der Waals surface area contributed by atoms with Gasteiger partial charge in [0.15, 0.2) is 0 Å². The number of anilines is 1. The van der Waals surface area contributed by atoms with Gasteiger partial charge in [-0.3, -0.25) is 0 Å². The van der Waals surface area contributed by atoms with Gasteiger partial charge in [0.05, 0.1) is 0 Å². The zero-order chi connectivity index (χ0) is 17.4. The highest BCUT2D eigenvalue weighted by Gasteiger charge is 2.27. The van der Waals surface area contributed by atoms with Crippen LogP contribution in [0.15, 0.2) is 54.9 Å². The summed E-state index contributed by atoms with van der Waals surface area (Å²) in [6, 6.07) is 12.3. The molecular weight excluding hydrogens is 454 g/mol. The predicted molar refractivity (Wildman–Crippen MR) is 107 cm³/mol. The van der Waals surface area contributed by atoms with Crippen LogP contribution in [0, 0.1) is 9.39 Å². The van der Waals surface area contributed by atoms with Crippen LogP contribution >= 0.6 is 32.3 Å². The van der Waals surface area contributed by atoms with E-state index in [1.54, 1.807) is 10.7 Å². The molecule has 2 heterocycles. The van der Waals surface area contributed by atoms with Crippen LogP contribution in [0.4, 0.5) is 10.3 Å². The second-order valence-electron chi connectivity index (χ2n) is 5.45. The van der Waals surface area contributed by atoms with Crippen molar-refractivity contribution in [2.75, 3.05) is 5.32 Å². The van der Waals surface area contributed by atoms with Crippen LogP contribution < -0.4 is 5.32 Å². The maximum absolute atomic E-state index is 14.7. The van der Waals surface area contributed by atoms with Crippen molar-refractivity contribution in [2.45, 2.75) is 6.04 Å². The fraction of sp³-hybridized carbons (Fsp3) is 0.0556. The fourth-order valence-corrected chi connectivity index (χ4v) is 4.42. The van der Waals surface area contributed by atoms with Gasteiger partial charge in [0.25, 0.3) is 0 Å². The van der Waals surface area contributed by atoms with Crippen LogP contribution in [0.2, 0.25) is 5.02 Å². The number of benzene rings is 2. The zero-order valence-electron chi connectivity index (χ0n) is 13.0. The molecule has 0 radical (unpaired) electrons. The first-order chi connectivity index (χ1) is 12.2. The highest BCUT2D eigenvalue weighted by molar-refractivity contribution is 14.2. The van der Waals surface area contributed by atoms with Gasteiger partial charge in [-0.05, 0) is 35.9 Å². The third kappa shape index (κ3) is 3.00. The van der Waals surface area contributed by atoms with Crippen molar-refractivity contribution in [1.29, 1.82) is 0 Å². The topological polar surface area (TPSA) is 42.7 Å². The molecule has 0 saturated heterocycles. The van der Waals surface area contributed by atoms with Crippen molar-refractivity contribution in [2.24, 2.45) is 0 Å². The summed E-state index contributed by atoms with van der Waals surface area (Å²) in [6.07, 6.45) is 3.43. The number of halogens is 3. The van der Waals surface area contributed by atoms with Gasteiger partial charge in [-0.1, -0.05) is 55.0 Å². The smallest absolute Gasteiger partial charge is 0.226 e. The molecular formula is C18H13ClFIN4. The lowest BCUT2D eigenvalue weighted by Gasteiger charge is -2.25. The first-order valence-electron chi connectivity index (χ1n) is 7.48. The molecule has 0 aliphatic carbocycles. The molecule has 4 rings (SSSR count). The van der Waals surface area contributed by atoms with E-state index in [-0.39, 0.29) is 11.9 Å². The van der Waals surface area contributed by atoms with E-state index in [2.05, 4.69) is 19.9 Å². The minimum absolute atomic E-state index is 0.249. The Hall–Kier alpha value is -2.06. The van der Waals surface area contributed by atoms with Crippen LogP contribution in [0.3, 0.4) is 0 Å². The number of fused-ring (bicyclic) bond motifs is 1. The van der Waals surface area contributed by atoms with E-state index in [1.165, 1.54) is 12.4 Å². The monoisotopic (exact) mass is 466 g/mol. The molecule has 1 aliphatic rings. The summed E-state index contributed by atoms with van der Waals surface area (Å²) in [5.74, 6) is 0.329. The number of allylic oxidation sites excluding steroid dienone is 1. The maximum Gasteiger partial charge on any atom is 0.226 e. The van der Waals surface area contributed by atoms with Crippen molar-refractivity contribution < 1.29 is 4.39 Å². The highest BCUT2D eigenvalue weighted by Crippen LogP contribution is 2.35. The molecule has 1 unspecified atom stereocenters. The Labute approximate surface area is 159 Å². The average molecular weight is 467 g/mol. The van der Waals surface area contributed by atoms with Gasteiger partial charge in [0, 0.05) is 19.9 Å². The lowest BCUT2D eigenvalue weighted by molar-refractivity contribution is 0.549. The number of hydrogen-bond donors (Lipinski definition) is 1. The molecule has 25 heavy (non-hydrogen) atoms. The molecule has 1 aromatic heterocycles. The van der Waals surface area contributed by atoms with Crippen LogP contribution in [-0.2, 0) is 0 Å². The Morgan fingerprint density at radius 2 is 2.00 bits per heavy atom. The van der Waals surface area contributed by atoms with Gasteiger partial charge >= 0.3 is 0 Å². The minimum Gasteiger partial charge on any atom is -0.324 e. The Bertz CT molecular complexity index is 981. The van der Waals surface area contributed by atoms with Crippen LogP contribution in [0.25, 0.3) is 5.70 Å². The molecule has 1 N–H and O–H groups in total. The second kappa shape index (κ2) is 6.68. The van der Waals surface area contributed by atoms with Gasteiger partial charge in [0.1, 0.15) is 18.2 Å². The molecule has 7 heteroatoms. The molecule has 3 aromatic rings. The molecule has 2 aromatic carbocycles. The van der Waals surface area contributed by atoms with Crippen LogP contribution in [-0.4, -0.2) is 19.3 Å². The van der Waals surface area contributed by atoms with Gasteiger partial charge < -0.3 is 5.32 Å². The summed E-state index contributed by atoms with van der Waals surface area (Å²) in [6.45, 7) is 0. The van der Waals surface area contributed by atoms with E-state index < -0.39 is 20.7 Å². The Morgan fingerprint density at radius 1 is 1.20 bits per heavy atom. The highest BCUT2D eigenvalue weighted by atomic mass is 127. The maximum atomic E-state index is 14.7. The number of hydrogen-bond acceptors (Lipinski definition) is 3. The summed E-state index contributed by atoms with van der Waals surface area (Å²) in [5.41, 5.74) is 2.41. The van der Waals surface area contributed by atoms with Crippen molar-refractivity contribution in [1.82, 2.24) is 14.8 Å². The van der Waals surface area contributed by atoms with Gasteiger partial charge in [0.2, 0.25) is 5.95 Å². The van der Waals surface area contributed by atoms with E-state index in [1.807, 2.05) is 36.4 Å². The third-order valence-electron chi connectivity index (χ3n) is 4.00. The van der Waals surface area contributed by atoms with E-state index >= 15 is 0 Å². The first-order valence-corrected chi connectivity index (χ1v) is 10.5. The Balaban J connectivity index is 1.89. The molecule has 1 aliphatic heterocycles. The summed E-state index contributed by atoms with van der Waals surface area (Å²) in [7, 11) is 0. The summed E-state index contributed by atoms with van der Waals surface area (Å²) < 4.78 is 21.3. The van der Waals surface area contributed by atoms with Gasteiger partial charge in [-0.2, -0.15) is 10.1 Å². The summed E-state index contributed by atoms with van der Waals surface area (Å²) in [5, 5.41) is 8.19. The molecule has 0 spiro atoms. The number of aromatic nitrogens is 3. The van der Waals surface area contributed by atoms with Crippen molar-refractivity contribution in [3.8, 4) is 0 Å². The van der Waals surface area contributed by atoms with Crippen LogP contribution in [0.1, 0.15) is 17.2 Å². The standard InChI is InChI=1S/C18H13ClFIN4/c1-21-14-4-2-3-13(20)17(14)16-9-15(11-5-7-12(19)8-6-11)24-18-22-10-23-25(16)18/h2-10,16H,1H2,(H,22,23,24). The lowest BCUT2D eigenvalue weighted by Crippen LogP contribution is -2.21. The molecule has 4 nitrogen and oxygen atoms in total. The molecule has 0 amide bonds. The summed E-state index contributed by atoms with van der Waals surface area (Å²) in [4.78, 5) is 4.26. The van der Waals surface area contributed by atoms with Gasteiger partial charge in [-0.25, -0.2) is 9.07 Å². The molecule has 0 saturated carbocycles. The Kier molecular flexibility index (Phi) is 4.39. The molecule has 0 bridgehead atoms. The quantitative estimate of drug-likeness (QED) is 0.569. The average Bonchev–Trinajstić information content (AvgIpc) is 3.10. The normalized spacial score (nSPS) is 16.1. The molecule has 126 valence electrons. The lowest BCUT2D eigenvalue weighted by atomic mass is 10.0. The first kappa shape index (κ1) is 16.4. The van der Waals surface area contributed by atoms with Crippen molar-refractivity contribution in [3.63, 3.8) is 0 Å².